The van der Waals surface area contributed by atoms with Crippen LogP contribution in [0.4, 0.5) is 0 Å². The van der Waals surface area contributed by atoms with Crippen LogP contribution in [0.3, 0.4) is 0 Å². The van der Waals surface area contributed by atoms with Gasteiger partial charge >= 0.3 is 0 Å². The van der Waals surface area contributed by atoms with Crippen molar-refractivity contribution in [1.82, 2.24) is 20.1 Å². The van der Waals surface area contributed by atoms with Gasteiger partial charge in [0.15, 0.2) is 0 Å². The van der Waals surface area contributed by atoms with E-state index in [1.807, 2.05) is 17.9 Å². The van der Waals surface area contributed by atoms with Crippen LogP contribution in [-0.2, 0) is 11.2 Å². The second-order valence-corrected chi connectivity index (χ2v) is 7.12. The number of phenolic OH excluding ortho intramolecular Hbond substituents is 1. The van der Waals surface area contributed by atoms with Gasteiger partial charge in [0.05, 0.1) is 5.52 Å². The number of carbonyl (C=O) groups is 1. The van der Waals surface area contributed by atoms with E-state index in [1.165, 1.54) is 6.07 Å². The highest BCUT2D eigenvalue weighted by atomic mass is 16.3. The van der Waals surface area contributed by atoms with Gasteiger partial charge in [0.2, 0.25) is 11.5 Å². The number of aromatic amines is 1. The molecule has 0 aliphatic carbocycles. The van der Waals surface area contributed by atoms with Crippen LogP contribution >= 0.6 is 0 Å². The minimum atomic E-state index is -0.228. The van der Waals surface area contributed by atoms with Crippen molar-refractivity contribution in [2.75, 3.05) is 45.8 Å². The lowest BCUT2D eigenvalue weighted by Gasteiger charge is -2.26. The minimum absolute atomic E-state index is 0.0799. The summed E-state index contributed by atoms with van der Waals surface area (Å²) < 4.78 is 0. The van der Waals surface area contributed by atoms with Crippen molar-refractivity contribution in [3.8, 4) is 5.75 Å². The zero-order chi connectivity index (χ0) is 21.2. The van der Waals surface area contributed by atoms with E-state index in [2.05, 4.69) is 29.0 Å². The zero-order valence-electron chi connectivity index (χ0n) is 17.8. The number of aromatic nitrogens is 1. The van der Waals surface area contributed by atoms with Crippen LogP contribution in [0, 0.1) is 0 Å². The molecule has 0 fully saturated rings. The van der Waals surface area contributed by atoms with Crippen LogP contribution in [0.15, 0.2) is 29.1 Å². The molecular formula is C22H34N4O3. The fourth-order valence-corrected chi connectivity index (χ4v) is 3.46. The molecule has 0 aliphatic heterocycles. The molecule has 3 N–H and O–H groups in total. The molecule has 29 heavy (non-hydrogen) atoms. The lowest BCUT2D eigenvalue weighted by atomic mass is 10.0. The second-order valence-electron chi connectivity index (χ2n) is 7.12. The molecular weight excluding hydrogens is 368 g/mol. The highest BCUT2D eigenvalue weighted by Gasteiger charge is 2.12. The fourth-order valence-electron chi connectivity index (χ4n) is 3.46. The van der Waals surface area contributed by atoms with E-state index in [4.69, 9.17) is 0 Å². The van der Waals surface area contributed by atoms with Gasteiger partial charge in [0.1, 0.15) is 5.75 Å². The van der Waals surface area contributed by atoms with Gasteiger partial charge in [-0.05, 0) is 43.8 Å². The Balaban J connectivity index is 1.86. The van der Waals surface area contributed by atoms with Crippen molar-refractivity contribution in [3.63, 3.8) is 0 Å². The average Bonchev–Trinajstić information content (AvgIpc) is 2.73. The maximum atomic E-state index is 12.2. The molecule has 0 spiro atoms. The smallest absolute Gasteiger partial charge is 0.248 e. The van der Waals surface area contributed by atoms with Crippen molar-refractivity contribution in [2.45, 2.75) is 33.6 Å². The summed E-state index contributed by atoms with van der Waals surface area (Å²) in [6, 6.07) is 6.72. The number of nitrogens with one attached hydrogen (secondary N) is 2. The Hall–Kier alpha value is -2.38. The molecule has 2 rings (SSSR count). The largest absolute Gasteiger partial charge is 0.506 e. The van der Waals surface area contributed by atoms with E-state index in [9.17, 15) is 14.7 Å². The highest BCUT2D eigenvalue weighted by Crippen LogP contribution is 2.24. The molecule has 1 heterocycles. The number of likely N-dealkylation sites (N-methyl/N-ethyl adjacent to an activating group) is 1. The summed E-state index contributed by atoms with van der Waals surface area (Å²) >= 11 is 0. The SMILES string of the molecule is CCC(=O)N(CCNCCc1ccc(O)c2[nH]c(=O)ccc12)CCN(CC)CC. The Labute approximate surface area is 172 Å². The number of rotatable bonds is 12. The maximum Gasteiger partial charge on any atom is 0.248 e. The van der Waals surface area contributed by atoms with Gasteiger partial charge in [0, 0.05) is 44.1 Å². The maximum absolute atomic E-state index is 12.2. The van der Waals surface area contributed by atoms with Gasteiger partial charge in [-0.2, -0.15) is 0 Å². The number of pyridine rings is 1. The number of H-pyrrole nitrogens is 1. The number of nitrogens with zero attached hydrogens (tertiary/aromatic N) is 2. The standard InChI is InChI=1S/C22H34N4O3/c1-4-21(29)26(16-15-25(5-2)6-3)14-13-23-12-11-17-7-9-19(27)22-18(17)8-10-20(28)24-22/h7-10,23,27H,4-6,11-16H2,1-3H3,(H,24,28). The molecule has 7 nitrogen and oxygen atoms in total. The van der Waals surface area contributed by atoms with Crippen molar-refractivity contribution >= 4 is 16.8 Å². The summed E-state index contributed by atoms with van der Waals surface area (Å²) in [7, 11) is 0. The predicted octanol–water partition coefficient (Wildman–Crippen LogP) is 1.95. The Bertz CT molecular complexity index is 846. The number of hydrogen-bond donors (Lipinski definition) is 3. The second kappa shape index (κ2) is 11.6. The highest BCUT2D eigenvalue weighted by molar-refractivity contribution is 5.87. The van der Waals surface area contributed by atoms with Crippen molar-refractivity contribution in [2.24, 2.45) is 0 Å². The van der Waals surface area contributed by atoms with Gasteiger partial charge in [-0.15, -0.1) is 0 Å². The topological polar surface area (TPSA) is 88.7 Å². The first kappa shape index (κ1) is 22.9. The number of benzene rings is 1. The van der Waals surface area contributed by atoms with E-state index < -0.39 is 0 Å². The van der Waals surface area contributed by atoms with Crippen LogP contribution in [0.2, 0.25) is 0 Å². The van der Waals surface area contributed by atoms with Crippen LogP contribution in [-0.4, -0.2) is 71.6 Å². The number of hydrogen-bond acceptors (Lipinski definition) is 5. The molecule has 1 aromatic heterocycles. The molecule has 2 aromatic rings. The Morgan fingerprint density at radius 2 is 1.79 bits per heavy atom. The van der Waals surface area contributed by atoms with E-state index in [0.29, 0.717) is 18.5 Å². The molecule has 0 aliphatic rings. The molecule has 1 aromatic carbocycles. The molecule has 160 valence electrons. The van der Waals surface area contributed by atoms with Crippen molar-refractivity contribution in [3.05, 3.63) is 40.2 Å². The van der Waals surface area contributed by atoms with E-state index >= 15 is 0 Å². The Kier molecular flexibility index (Phi) is 9.15. The van der Waals surface area contributed by atoms with Gasteiger partial charge in [-0.1, -0.05) is 26.8 Å². The summed E-state index contributed by atoms with van der Waals surface area (Å²) in [6.45, 7) is 12.0. The van der Waals surface area contributed by atoms with Crippen molar-refractivity contribution < 1.29 is 9.90 Å². The summed E-state index contributed by atoms with van der Waals surface area (Å²) in [5.74, 6) is 0.267. The summed E-state index contributed by atoms with van der Waals surface area (Å²) in [6.07, 6.45) is 1.29. The normalized spacial score (nSPS) is 11.3. The summed E-state index contributed by atoms with van der Waals surface area (Å²) in [5, 5.41) is 14.2. The fraction of sp³-hybridized carbons (Fsp3) is 0.545. The quantitative estimate of drug-likeness (QED) is 0.472. The molecule has 7 heteroatoms. The first-order valence-corrected chi connectivity index (χ1v) is 10.5. The minimum Gasteiger partial charge on any atom is -0.506 e. The average molecular weight is 403 g/mol. The molecule has 0 atom stereocenters. The third-order valence-electron chi connectivity index (χ3n) is 5.33. The Morgan fingerprint density at radius 1 is 1.03 bits per heavy atom. The molecule has 1 amide bonds. The number of carbonyl (C=O) groups excluding carboxylic acids is 1. The number of aromatic hydroxyl groups is 1. The van der Waals surface area contributed by atoms with E-state index in [1.54, 1.807) is 12.1 Å². The molecule has 0 unspecified atom stereocenters. The predicted molar refractivity (Wildman–Crippen MR) is 117 cm³/mol. The van der Waals surface area contributed by atoms with Gasteiger partial charge in [-0.25, -0.2) is 0 Å². The summed E-state index contributed by atoms with van der Waals surface area (Å²) in [5.41, 5.74) is 1.31. The van der Waals surface area contributed by atoms with Crippen molar-refractivity contribution in [1.29, 1.82) is 0 Å². The van der Waals surface area contributed by atoms with Gasteiger partial charge < -0.3 is 25.2 Å². The lowest BCUT2D eigenvalue weighted by Crippen LogP contribution is -2.41. The van der Waals surface area contributed by atoms with Gasteiger partial charge in [0.25, 0.3) is 0 Å². The van der Waals surface area contributed by atoms with E-state index in [-0.39, 0.29) is 17.2 Å². The number of phenols is 1. The molecule has 0 saturated heterocycles. The monoisotopic (exact) mass is 402 g/mol. The molecule has 0 radical (unpaired) electrons. The lowest BCUT2D eigenvalue weighted by molar-refractivity contribution is -0.131. The molecule has 0 bridgehead atoms. The van der Waals surface area contributed by atoms with Gasteiger partial charge in [-0.3, -0.25) is 9.59 Å². The zero-order valence-corrected chi connectivity index (χ0v) is 17.8. The summed E-state index contributed by atoms with van der Waals surface area (Å²) in [4.78, 5) is 30.7. The van der Waals surface area contributed by atoms with Crippen LogP contribution < -0.4 is 10.9 Å². The van der Waals surface area contributed by atoms with E-state index in [0.717, 1.165) is 56.6 Å². The first-order chi connectivity index (χ1) is 14.0. The third kappa shape index (κ3) is 6.58. The van der Waals surface area contributed by atoms with Crippen LogP contribution in [0.5, 0.6) is 5.75 Å². The number of amides is 1. The first-order valence-electron chi connectivity index (χ1n) is 10.5. The van der Waals surface area contributed by atoms with Crippen LogP contribution in [0.25, 0.3) is 10.9 Å². The van der Waals surface area contributed by atoms with Crippen LogP contribution in [0.1, 0.15) is 32.8 Å². The third-order valence-corrected chi connectivity index (χ3v) is 5.33. The molecule has 0 saturated carbocycles. The number of fused-ring (bicyclic) bond motifs is 1. The Morgan fingerprint density at radius 3 is 2.48 bits per heavy atom.